The van der Waals surface area contributed by atoms with Gasteiger partial charge in [-0.05, 0) is 31.5 Å². The predicted molar refractivity (Wildman–Crippen MR) is 66.8 cm³/mol. The molecule has 0 saturated carbocycles. The van der Waals surface area contributed by atoms with Crippen LogP contribution in [0.5, 0.6) is 0 Å². The fraction of sp³-hybridized carbons (Fsp3) is 0.417. The van der Waals surface area contributed by atoms with Crippen LogP contribution in [0.15, 0.2) is 18.2 Å². The molecule has 0 radical (unpaired) electrons. The second-order valence-electron chi connectivity index (χ2n) is 4.81. The SMILES string of the molecule is CC1(O)CCN(c2ccc(C(N)=O)cc2N)C1. The lowest BCUT2D eigenvalue weighted by Crippen LogP contribution is -2.30. The first-order valence-corrected chi connectivity index (χ1v) is 5.56. The van der Waals surface area contributed by atoms with Gasteiger partial charge in [-0.25, -0.2) is 0 Å². The zero-order valence-electron chi connectivity index (χ0n) is 9.81. The Morgan fingerprint density at radius 3 is 2.71 bits per heavy atom. The number of primary amides is 1. The molecule has 1 atom stereocenters. The van der Waals surface area contributed by atoms with Crippen molar-refractivity contribution in [3.63, 3.8) is 0 Å². The second-order valence-corrected chi connectivity index (χ2v) is 4.81. The summed E-state index contributed by atoms with van der Waals surface area (Å²) in [6, 6.07) is 5.00. The average Bonchev–Trinajstić information content (AvgIpc) is 2.58. The van der Waals surface area contributed by atoms with Gasteiger partial charge in [-0.15, -0.1) is 0 Å². The molecule has 1 unspecified atom stereocenters. The molecular weight excluding hydrogens is 218 g/mol. The van der Waals surface area contributed by atoms with Crippen molar-refractivity contribution >= 4 is 17.3 Å². The fourth-order valence-corrected chi connectivity index (χ4v) is 2.15. The lowest BCUT2D eigenvalue weighted by Gasteiger charge is -2.22. The maximum atomic E-state index is 11.0. The molecule has 1 aromatic carbocycles. The topological polar surface area (TPSA) is 92.6 Å². The van der Waals surface area contributed by atoms with Crippen molar-refractivity contribution in [1.29, 1.82) is 0 Å². The Labute approximate surface area is 100 Å². The molecular formula is C12H17N3O2. The number of carbonyl (C=O) groups is 1. The number of β-amino-alcohol motifs (C(OH)–C–C–N with tert-alkyl or cyclic N) is 1. The van der Waals surface area contributed by atoms with E-state index in [-0.39, 0.29) is 0 Å². The van der Waals surface area contributed by atoms with E-state index >= 15 is 0 Å². The van der Waals surface area contributed by atoms with Gasteiger partial charge in [0.05, 0.1) is 17.0 Å². The zero-order chi connectivity index (χ0) is 12.6. The number of rotatable bonds is 2. The number of anilines is 2. The van der Waals surface area contributed by atoms with Gasteiger partial charge in [0, 0.05) is 18.7 Å². The molecule has 17 heavy (non-hydrogen) atoms. The molecule has 0 aromatic heterocycles. The quantitative estimate of drug-likeness (QED) is 0.644. The molecule has 0 spiro atoms. The van der Waals surface area contributed by atoms with Gasteiger partial charge in [0.25, 0.3) is 0 Å². The maximum Gasteiger partial charge on any atom is 0.248 e. The van der Waals surface area contributed by atoms with Crippen LogP contribution in [0.1, 0.15) is 23.7 Å². The smallest absolute Gasteiger partial charge is 0.248 e. The first kappa shape index (κ1) is 11.7. The summed E-state index contributed by atoms with van der Waals surface area (Å²) in [6.07, 6.45) is 0.712. The van der Waals surface area contributed by atoms with Crippen molar-refractivity contribution in [2.24, 2.45) is 5.73 Å². The molecule has 92 valence electrons. The molecule has 2 rings (SSSR count). The molecule has 1 saturated heterocycles. The lowest BCUT2D eigenvalue weighted by atomic mass is 10.1. The van der Waals surface area contributed by atoms with Gasteiger partial charge in [-0.1, -0.05) is 0 Å². The molecule has 0 aliphatic carbocycles. The Bertz CT molecular complexity index is 457. The molecule has 1 heterocycles. The number of carbonyl (C=O) groups excluding carboxylic acids is 1. The highest BCUT2D eigenvalue weighted by Gasteiger charge is 2.32. The van der Waals surface area contributed by atoms with Gasteiger partial charge in [0.15, 0.2) is 0 Å². The maximum absolute atomic E-state index is 11.0. The van der Waals surface area contributed by atoms with Crippen LogP contribution in [0.3, 0.4) is 0 Å². The Morgan fingerprint density at radius 2 is 2.24 bits per heavy atom. The third kappa shape index (κ3) is 2.34. The van der Waals surface area contributed by atoms with Crippen LogP contribution in [-0.4, -0.2) is 29.7 Å². The van der Waals surface area contributed by atoms with Gasteiger partial charge >= 0.3 is 0 Å². The predicted octanol–water partition coefficient (Wildman–Crippen LogP) is 0.329. The van der Waals surface area contributed by atoms with Crippen molar-refractivity contribution in [3.8, 4) is 0 Å². The largest absolute Gasteiger partial charge is 0.397 e. The zero-order valence-corrected chi connectivity index (χ0v) is 9.81. The normalized spacial score (nSPS) is 24.0. The third-order valence-electron chi connectivity index (χ3n) is 3.10. The highest BCUT2D eigenvalue weighted by Crippen LogP contribution is 2.31. The van der Waals surface area contributed by atoms with Crippen molar-refractivity contribution < 1.29 is 9.90 Å². The van der Waals surface area contributed by atoms with Gasteiger partial charge < -0.3 is 21.5 Å². The summed E-state index contributed by atoms with van der Waals surface area (Å²) < 4.78 is 0. The minimum atomic E-state index is -0.672. The summed E-state index contributed by atoms with van der Waals surface area (Å²) in [5.74, 6) is -0.489. The van der Waals surface area contributed by atoms with E-state index in [2.05, 4.69) is 0 Å². The van der Waals surface area contributed by atoms with E-state index < -0.39 is 11.5 Å². The first-order chi connectivity index (χ1) is 7.89. The van der Waals surface area contributed by atoms with Crippen LogP contribution >= 0.6 is 0 Å². The summed E-state index contributed by atoms with van der Waals surface area (Å²) in [4.78, 5) is 13.0. The summed E-state index contributed by atoms with van der Waals surface area (Å²) >= 11 is 0. The molecule has 1 aliphatic rings. The van der Waals surface area contributed by atoms with E-state index in [1.54, 1.807) is 25.1 Å². The highest BCUT2D eigenvalue weighted by atomic mass is 16.3. The number of hydrogen-bond acceptors (Lipinski definition) is 4. The van der Waals surface area contributed by atoms with Crippen LogP contribution < -0.4 is 16.4 Å². The number of hydrogen-bond donors (Lipinski definition) is 3. The monoisotopic (exact) mass is 235 g/mol. The number of nitrogens with two attached hydrogens (primary N) is 2. The van der Waals surface area contributed by atoms with Gasteiger partial charge in [0.1, 0.15) is 0 Å². The molecule has 0 bridgehead atoms. The number of benzene rings is 1. The van der Waals surface area contributed by atoms with Gasteiger partial charge in [-0.2, -0.15) is 0 Å². The third-order valence-corrected chi connectivity index (χ3v) is 3.10. The standard InChI is InChI=1S/C12H17N3O2/c1-12(17)4-5-15(7-12)10-3-2-8(11(14)16)6-9(10)13/h2-3,6,17H,4-5,7,13H2,1H3,(H2,14,16). The Balaban J connectivity index is 2.26. The minimum Gasteiger partial charge on any atom is -0.397 e. The van der Waals surface area contributed by atoms with E-state index in [0.29, 0.717) is 24.2 Å². The Hall–Kier alpha value is -1.75. The summed E-state index contributed by atoms with van der Waals surface area (Å²) in [6.45, 7) is 3.11. The van der Waals surface area contributed by atoms with Crippen molar-refractivity contribution in [1.82, 2.24) is 0 Å². The molecule has 5 heteroatoms. The minimum absolute atomic E-state index is 0.400. The van der Waals surface area contributed by atoms with Gasteiger partial charge in [-0.3, -0.25) is 4.79 Å². The van der Waals surface area contributed by atoms with Crippen LogP contribution in [-0.2, 0) is 0 Å². The number of nitrogen functional groups attached to an aromatic ring is 1. The molecule has 1 fully saturated rings. The lowest BCUT2D eigenvalue weighted by molar-refractivity contribution is 0.0839. The molecule has 1 aromatic rings. The Kier molecular flexibility index (Phi) is 2.71. The number of aliphatic hydroxyl groups is 1. The van der Waals surface area contributed by atoms with E-state index in [9.17, 15) is 9.90 Å². The summed E-state index contributed by atoms with van der Waals surface area (Å²) in [5.41, 5.74) is 12.2. The van der Waals surface area contributed by atoms with Crippen molar-refractivity contribution in [2.75, 3.05) is 23.7 Å². The van der Waals surface area contributed by atoms with Crippen LogP contribution in [0, 0.1) is 0 Å². The van der Waals surface area contributed by atoms with Crippen molar-refractivity contribution in [2.45, 2.75) is 18.9 Å². The Morgan fingerprint density at radius 1 is 1.53 bits per heavy atom. The first-order valence-electron chi connectivity index (χ1n) is 5.56. The van der Waals surface area contributed by atoms with E-state index in [4.69, 9.17) is 11.5 Å². The van der Waals surface area contributed by atoms with E-state index in [1.807, 2.05) is 4.90 Å². The summed E-state index contributed by atoms with van der Waals surface area (Å²) in [7, 11) is 0. The fourth-order valence-electron chi connectivity index (χ4n) is 2.15. The molecule has 1 aliphatic heterocycles. The van der Waals surface area contributed by atoms with Crippen LogP contribution in [0.2, 0.25) is 0 Å². The van der Waals surface area contributed by atoms with E-state index in [0.717, 1.165) is 12.2 Å². The van der Waals surface area contributed by atoms with Crippen molar-refractivity contribution in [3.05, 3.63) is 23.8 Å². The average molecular weight is 235 g/mol. The summed E-state index contributed by atoms with van der Waals surface area (Å²) in [5, 5.41) is 9.90. The number of amides is 1. The highest BCUT2D eigenvalue weighted by molar-refractivity contribution is 5.94. The molecule has 5 nitrogen and oxygen atoms in total. The number of nitrogens with zero attached hydrogens (tertiary/aromatic N) is 1. The van der Waals surface area contributed by atoms with Gasteiger partial charge in [0.2, 0.25) is 5.91 Å². The van der Waals surface area contributed by atoms with E-state index in [1.165, 1.54) is 0 Å². The molecule has 1 amide bonds. The second kappa shape index (κ2) is 3.92. The van der Waals surface area contributed by atoms with Crippen LogP contribution in [0.25, 0.3) is 0 Å². The molecule has 5 N–H and O–H groups in total. The van der Waals surface area contributed by atoms with Crippen LogP contribution in [0.4, 0.5) is 11.4 Å².